The molecular weight excluding hydrogens is 408 g/mol. The van der Waals surface area contributed by atoms with Crippen molar-refractivity contribution in [1.82, 2.24) is 9.55 Å². The van der Waals surface area contributed by atoms with Crippen LogP contribution in [0.25, 0.3) is 11.0 Å². The van der Waals surface area contributed by atoms with Gasteiger partial charge in [-0.1, -0.05) is 62.7 Å². The van der Waals surface area contributed by atoms with Crippen LogP contribution in [0.5, 0.6) is 11.5 Å². The maximum absolute atomic E-state index is 6.03. The maximum Gasteiger partial charge on any atom is 0.147 e. The summed E-state index contributed by atoms with van der Waals surface area (Å²) in [5.74, 6) is 2.75. The lowest BCUT2D eigenvalue weighted by Crippen LogP contribution is -2.10. The Hall–Kier alpha value is -3.27. The Morgan fingerprint density at radius 2 is 1.45 bits per heavy atom. The summed E-state index contributed by atoms with van der Waals surface area (Å²) in [6.45, 7) is 10.8. The largest absolute Gasteiger partial charge is 0.494 e. The molecule has 0 aliphatic carbocycles. The molecule has 3 aromatic carbocycles. The molecule has 0 N–H and O–H groups in total. The third kappa shape index (κ3) is 5.95. The minimum Gasteiger partial charge on any atom is -0.494 e. The number of rotatable bonds is 9. The van der Waals surface area contributed by atoms with Gasteiger partial charge in [-0.3, -0.25) is 0 Å². The summed E-state index contributed by atoms with van der Waals surface area (Å²) in [4.78, 5) is 4.83. The molecule has 0 bridgehead atoms. The minimum absolute atomic E-state index is 0.160. The highest BCUT2D eigenvalue weighted by Gasteiger charge is 2.13. The van der Waals surface area contributed by atoms with E-state index in [0.29, 0.717) is 13.2 Å². The SMILES string of the molecule is Cc1ccc(OCc2nc3ccccc3n2CCCCOc2ccc(C(C)(C)C)cc2)cc1. The molecule has 172 valence electrons. The molecule has 0 radical (unpaired) electrons. The molecular formula is C29H34N2O2. The van der Waals surface area contributed by atoms with Crippen molar-refractivity contribution < 1.29 is 9.47 Å². The predicted octanol–water partition coefficient (Wildman–Crippen LogP) is 7.08. The van der Waals surface area contributed by atoms with Gasteiger partial charge in [0.15, 0.2) is 0 Å². The number of fused-ring (bicyclic) bond motifs is 1. The lowest BCUT2D eigenvalue weighted by atomic mass is 9.87. The Morgan fingerprint density at radius 3 is 2.18 bits per heavy atom. The third-order valence-electron chi connectivity index (χ3n) is 5.89. The first kappa shape index (κ1) is 22.9. The van der Waals surface area contributed by atoms with E-state index in [1.807, 2.05) is 18.2 Å². The number of ether oxygens (including phenoxy) is 2. The third-order valence-corrected chi connectivity index (χ3v) is 5.89. The molecule has 0 saturated heterocycles. The fraction of sp³-hybridized carbons (Fsp3) is 0.345. The average molecular weight is 443 g/mol. The highest BCUT2D eigenvalue weighted by atomic mass is 16.5. The highest BCUT2D eigenvalue weighted by Crippen LogP contribution is 2.24. The summed E-state index contributed by atoms with van der Waals surface area (Å²) < 4.78 is 14.3. The Labute approximate surface area is 197 Å². The van der Waals surface area contributed by atoms with E-state index in [2.05, 4.69) is 86.9 Å². The van der Waals surface area contributed by atoms with Crippen molar-refractivity contribution >= 4 is 11.0 Å². The first-order valence-electron chi connectivity index (χ1n) is 11.8. The van der Waals surface area contributed by atoms with Gasteiger partial charge >= 0.3 is 0 Å². The Morgan fingerprint density at radius 1 is 0.788 bits per heavy atom. The number of benzene rings is 3. The molecule has 0 saturated carbocycles. The lowest BCUT2D eigenvalue weighted by molar-refractivity contribution is 0.285. The molecule has 0 aliphatic heterocycles. The number of unbranched alkanes of at least 4 members (excludes halogenated alkanes) is 1. The van der Waals surface area contributed by atoms with E-state index < -0.39 is 0 Å². The second-order valence-corrected chi connectivity index (χ2v) is 9.60. The van der Waals surface area contributed by atoms with Crippen molar-refractivity contribution in [3.63, 3.8) is 0 Å². The predicted molar refractivity (Wildman–Crippen MR) is 135 cm³/mol. The van der Waals surface area contributed by atoms with Gasteiger partial charge in [0.1, 0.15) is 23.9 Å². The summed E-state index contributed by atoms with van der Waals surface area (Å²) >= 11 is 0. The summed E-state index contributed by atoms with van der Waals surface area (Å²) in [5.41, 5.74) is 4.87. The summed E-state index contributed by atoms with van der Waals surface area (Å²) in [5, 5.41) is 0. The second-order valence-electron chi connectivity index (χ2n) is 9.60. The first-order valence-corrected chi connectivity index (χ1v) is 11.8. The molecule has 33 heavy (non-hydrogen) atoms. The van der Waals surface area contributed by atoms with Crippen LogP contribution in [-0.4, -0.2) is 16.2 Å². The first-order chi connectivity index (χ1) is 15.9. The molecule has 0 unspecified atom stereocenters. The zero-order chi connectivity index (χ0) is 23.3. The van der Waals surface area contributed by atoms with E-state index in [9.17, 15) is 0 Å². The Balaban J connectivity index is 1.33. The van der Waals surface area contributed by atoms with Crippen LogP contribution < -0.4 is 9.47 Å². The maximum atomic E-state index is 6.03. The van der Waals surface area contributed by atoms with Gasteiger partial charge in [0, 0.05) is 6.54 Å². The fourth-order valence-electron chi connectivity index (χ4n) is 3.88. The summed E-state index contributed by atoms with van der Waals surface area (Å²) in [6.07, 6.45) is 1.99. The van der Waals surface area contributed by atoms with E-state index in [-0.39, 0.29) is 5.41 Å². The number of hydrogen-bond acceptors (Lipinski definition) is 3. The van der Waals surface area contributed by atoms with E-state index in [0.717, 1.165) is 47.7 Å². The topological polar surface area (TPSA) is 36.3 Å². The summed E-state index contributed by atoms with van der Waals surface area (Å²) in [6, 6.07) is 24.9. The zero-order valence-corrected chi connectivity index (χ0v) is 20.2. The van der Waals surface area contributed by atoms with Crippen LogP contribution in [0.15, 0.2) is 72.8 Å². The Bertz CT molecular complexity index is 1170. The van der Waals surface area contributed by atoms with Gasteiger partial charge in [-0.05, 0) is 67.1 Å². The molecule has 0 amide bonds. The molecule has 0 aliphatic rings. The van der Waals surface area contributed by atoms with Crippen LogP contribution >= 0.6 is 0 Å². The van der Waals surface area contributed by atoms with Crippen molar-refractivity contribution in [2.75, 3.05) is 6.61 Å². The molecule has 0 atom stereocenters. The average Bonchev–Trinajstić information content (AvgIpc) is 3.16. The molecule has 1 aromatic heterocycles. The van der Waals surface area contributed by atoms with Gasteiger partial charge in [0.25, 0.3) is 0 Å². The number of aromatic nitrogens is 2. The molecule has 4 rings (SSSR count). The van der Waals surface area contributed by atoms with E-state index in [1.54, 1.807) is 0 Å². The van der Waals surface area contributed by atoms with Gasteiger partial charge < -0.3 is 14.0 Å². The number of imidazole rings is 1. The molecule has 4 aromatic rings. The quantitative estimate of drug-likeness (QED) is 0.260. The van der Waals surface area contributed by atoms with Gasteiger partial charge in [0.05, 0.1) is 17.6 Å². The number of hydrogen-bond donors (Lipinski definition) is 0. The van der Waals surface area contributed by atoms with Crippen molar-refractivity contribution in [2.24, 2.45) is 0 Å². The van der Waals surface area contributed by atoms with Crippen LogP contribution in [0.3, 0.4) is 0 Å². The van der Waals surface area contributed by atoms with Crippen LogP contribution in [0.4, 0.5) is 0 Å². The molecule has 0 spiro atoms. The normalized spacial score (nSPS) is 11.6. The lowest BCUT2D eigenvalue weighted by Gasteiger charge is -2.19. The number of aryl methyl sites for hydroxylation is 2. The fourth-order valence-corrected chi connectivity index (χ4v) is 3.88. The van der Waals surface area contributed by atoms with Crippen molar-refractivity contribution in [2.45, 2.75) is 59.1 Å². The standard InChI is InChI=1S/C29H34N2O2/c1-22-11-15-25(16-12-22)33-21-28-30-26-9-5-6-10-27(26)31(28)19-7-8-20-32-24-17-13-23(14-18-24)29(2,3)4/h5-6,9-18H,7-8,19-21H2,1-4H3. The van der Waals surface area contributed by atoms with Crippen LogP contribution in [-0.2, 0) is 18.6 Å². The van der Waals surface area contributed by atoms with E-state index >= 15 is 0 Å². The Kier molecular flexibility index (Phi) is 7.02. The van der Waals surface area contributed by atoms with Crippen LogP contribution in [0.1, 0.15) is 50.6 Å². The van der Waals surface area contributed by atoms with Crippen molar-refractivity contribution in [1.29, 1.82) is 0 Å². The van der Waals surface area contributed by atoms with Crippen LogP contribution in [0, 0.1) is 6.92 Å². The molecule has 1 heterocycles. The van der Waals surface area contributed by atoms with E-state index in [1.165, 1.54) is 11.1 Å². The van der Waals surface area contributed by atoms with Crippen molar-refractivity contribution in [3.05, 3.63) is 89.7 Å². The zero-order valence-electron chi connectivity index (χ0n) is 20.2. The van der Waals surface area contributed by atoms with E-state index in [4.69, 9.17) is 14.5 Å². The van der Waals surface area contributed by atoms with Crippen LogP contribution in [0.2, 0.25) is 0 Å². The molecule has 4 nitrogen and oxygen atoms in total. The van der Waals surface area contributed by atoms with Crippen molar-refractivity contribution in [3.8, 4) is 11.5 Å². The monoisotopic (exact) mass is 442 g/mol. The second kappa shape index (κ2) is 10.1. The molecule has 4 heteroatoms. The van der Waals surface area contributed by atoms with Gasteiger partial charge in [-0.15, -0.1) is 0 Å². The minimum atomic E-state index is 0.160. The van der Waals surface area contributed by atoms with Gasteiger partial charge in [-0.2, -0.15) is 0 Å². The molecule has 0 fully saturated rings. The van der Waals surface area contributed by atoms with Gasteiger partial charge in [0.2, 0.25) is 0 Å². The number of nitrogens with zero attached hydrogens (tertiary/aromatic N) is 2. The number of para-hydroxylation sites is 2. The smallest absolute Gasteiger partial charge is 0.147 e. The highest BCUT2D eigenvalue weighted by molar-refractivity contribution is 5.75. The summed E-state index contributed by atoms with van der Waals surface area (Å²) in [7, 11) is 0. The van der Waals surface area contributed by atoms with Gasteiger partial charge in [-0.25, -0.2) is 4.98 Å².